The van der Waals surface area contributed by atoms with E-state index in [1.807, 2.05) is 6.07 Å². The van der Waals surface area contributed by atoms with Crippen molar-refractivity contribution in [3.63, 3.8) is 0 Å². The van der Waals surface area contributed by atoms with Crippen LogP contribution in [0.2, 0.25) is 0 Å². The van der Waals surface area contributed by atoms with E-state index in [-0.39, 0.29) is 34.2 Å². The molecule has 8 heteroatoms. The van der Waals surface area contributed by atoms with Crippen LogP contribution in [-0.2, 0) is 9.59 Å². The van der Waals surface area contributed by atoms with Crippen LogP contribution >= 0.6 is 11.8 Å². The zero-order valence-corrected chi connectivity index (χ0v) is 15.4. The molecule has 2 aromatic rings. The van der Waals surface area contributed by atoms with Crippen molar-refractivity contribution < 1.29 is 18.4 Å². The van der Waals surface area contributed by atoms with Crippen LogP contribution in [0.25, 0.3) is 0 Å². The summed E-state index contributed by atoms with van der Waals surface area (Å²) in [6, 6.07) is 13.5. The Kier molecular flexibility index (Phi) is 6.06. The molecule has 0 bridgehead atoms. The van der Waals surface area contributed by atoms with Gasteiger partial charge in [-0.25, -0.2) is 8.78 Å². The van der Waals surface area contributed by atoms with Crippen molar-refractivity contribution in [3.8, 4) is 6.07 Å². The lowest BCUT2D eigenvalue weighted by Gasteiger charge is -2.25. The number of hydrogen-bond acceptors (Lipinski definition) is 4. The van der Waals surface area contributed by atoms with Crippen LogP contribution in [0.4, 0.5) is 14.5 Å². The van der Waals surface area contributed by atoms with Crippen LogP contribution in [0.5, 0.6) is 0 Å². The third-order valence-electron chi connectivity index (χ3n) is 4.09. The van der Waals surface area contributed by atoms with Gasteiger partial charge in [0.15, 0.2) is 0 Å². The van der Waals surface area contributed by atoms with Crippen molar-refractivity contribution >= 4 is 29.3 Å². The topological polar surface area (TPSA) is 82.0 Å². The number of thioether (sulfide) groups is 1. The normalized spacial score (nSPS) is 16.3. The molecule has 2 N–H and O–H groups in total. The molecule has 5 nitrogen and oxygen atoms in total. The fourth-order valence-electron chi connectivity index (χ4n) is 2.86. The summed E-state index contributed by atoms with van der Waals surface area (Å²) in [5, 5.41) is 14.9. The molecule has 0 fully saturated rings. The Bertz CT molecular complexity index is 1000. The van der Waals surface area contributed by atoms with Crippen molar-refractivity contribution in [2.45, 2.75) is 12.3 Å². The third kappa shape index (κ3) is 4.56. The van der Waals surface area contributed by atoms with Gasteiger partial charge in [0.25, 0.3) is 0 Å². The monoisotopic (exact) mass is 399 g/mol. The van der Waals surface area contributed by atoms with E-state index in [9.17, 15) is 23.6 Å². The standard InChI is InChI=1S/C20H15F2N3O2S/c21-12-4-3-5-13(8-12)24-19(27)11-28-20-16(10-23)15(9-18(26)25-20)14-6-1-2-7-17(14)22/h1-8,15H,9,11H2,(H,24,27)(H,25,26). The maximum absolute atomic E-state index is 14.2. The molecule has 1 unspecified atom stereocenters. The Morgan fingerprint density at radius 3 is 2.75 bits per heavy atom. The van der Waals surface area contributed by atoms with Crippen molar-refractivity contribution in [1.82, 2.24) is 5.32 Å². The maximum Gasteiger partial charge on any atom is 0.234 e. The quantitative estimate of drug-likeness (QED) is 0.804. The lowest BCUT2D eigenvalue weighted by atomic mass is 9.87. The molecule has 142 valence electrons. The van der Waals surface area contributed by atoms with Crippen molar-refractivity contribution in [1.29, 1.82) is 5.26 Å². The van der Waals surface area contributed by atoms with Crippen molar-refractivity contribution in [2.24, 2.45) is 0 Å². The molecule has 2 amide bonds. The first-order valence-electron chi connectivity index (χ1n) is 8.34. The summed E-state index contributed by atoms with van der Waals surface area (Å²) in [6.07, 6.45) is -0.0522. The maximum atomic E-state index is 14.2. The number of rotatable bonds is 5. The van der Waals surface area contributed by atoms with E-state index in [4.69, 9.17) is 0 Å². The Balaban J connectivity index is 1.77. The largest absolute Gasteiger partial charge is 0.325 e. The molecule has 1 heterocycles. The van der Waals surface area contributed by atoms with Gasteiger partial charge < -0.3 is 10.6 Å². The number of allylic oxidation sites excluding steroid dienone is 1. The fourth-order valence-corrected chi connectivity index (χ4v) is 3.73. The van der Waals surface area contributed by atoms with E-state index in [2.05, 4.69) is 10.6 Å². The Morgan fingerprint density at radius 1 is 1.25 bits per heavy atom. The molecule has 3 rings (SSSR count). The molecule has 0 saturated heterocycles. The summed E-state index contributed by atoms with van der Waals surface area (Å²) in [5.74, 6) is -2.59. The minimum absolute atomic E-state index is 0.0522. The van der Waals surface area contributed by atoms with Crippen molar-refractivity contribution in [3.05, 3.63) is 76.3 Å². The summed E-state index contributed by atoms with van der Waals surface area (Å²) in [6.45, 7) is 0. The molecule has 1 aliphatic rings. The summed E-state index contributed by atoms with van der Waals surface area (Å²) >= 11 is 0.967. The van der Waals surface area contributed by atoms with Gasteiger partial charge in [-0.3, -0.25) is 9.59 Å². The average molecular weight is 399 g/mol. The number of hydrogen-bond donors (Lipinski definition) is 2. The first kappa shape index (κ1) is 19.6. The highest BCUT2D eigenvalue weighted by molar-refractivity contribution is 8.03. The number of nitrogens with zero attached hydrogens (tertiary/aromatic N) is 1. The number of halogens is 2. The van der Waals surface area contributed by atoms with Crippen LogP contribution < -0.4 is 10.6 Å². The van der Waals surface area contributed by atoms with Gasteiger partial charge in [-0.15, -0.1) is 0 Å². The zero-order chi connectivity index (χ0) is 20.1. The second-order valence-electron chi connectivity index (χ2n) is 6.03. The molecular formula is C20H15F2N3O2S. The van der Waals surface area contributed by atoms with E-state index in [0.717, 1.165) is 11.8 Å². The molecule has 2 aromatic carbocycles. The van der Waals surface area contributed by atoms with Gasteiger partial charge in [-0.1, -0.05) is 36.0 Å². The van der Waals surface area contributed by atoms with E-state index in [1.165, 1.54) is 36.4 Å². The van der Waals surface area contributed by atoms with Crippen LogP contribution in [0.3, 0.4) is 0 Å². The van der Waals surface area contributed by atoms with Gasteiger partial charge in [0.2, 0.25) is 11.8 Å². The molecule has 28 heavy (non-hydrogen) atoms. The fraction of sp³-hybridized carbons (Fsp3) is 0.150. The lowest BCUT2D eigenvalue weighted by Crippen LogP contribution is -2.31. The number of benzene rings is 2. The van der Waals surface area contributed by atoms with Gasteiger partial charge in [0, 0.05) is 18.0 Å². The molecule has 0 aromatic heterocycles. The summed E-state index contributed by atoms with van der Waals surface area (Å²) in [7, 11) is 0. The van der Waals surface area contributed by atoms with Crippen LogP contribution in [-0.4, -0.2) is 17.6 Å². The van der Waals surface area contributed by atoms with Crippen LogP contribution in [0.15, 0.2) is 59.1 Å². The molecular weight excluding hydrogens is 384 g/mol. The summed E-state index contributed by atoms with van der Waals surface area (Å²) in [5.41, 5.74) is 0.765. The minimum Gasteiger partial charge on any atom is -0.325 e. The summed E-state index contributed by atoms with van der Waals surface area (Å²) < 4.78 is 27.4. The number of amides is 2. The van der Waals surface area contributed by atoms with Crippen molar-refractivity contribution in [2.75, 3.05) is 11.1 Å². The average Bonchev–Trinajstić information content (AvgIpc) is 2.66. The lowest BCUT2D eigenvalue weighted by molar-refractivity contribution is -0.121. The van der Waals surface area contributed by atoms with E-state index < -0.39 is 23.5 Å². The molecule has 1 atom stereocenters. The first-order valence-corrected chi connectivity index (χ1v) is 9.33. The highest BCUT2D eigenvalue weighted by atomic mass is 32.2. The minimum atomic E-state index is -0.714. The Morgan fingerprint density at radius 2 is 2.04 bits per heavy atom. The van der Waals surface area contributed by atoms with E-state index in [1.54, 1.807) is 12.1 Å². The zero-order valence-electron chi connectivity index (χ0n) is 14.5. The Labute approximate surface area is 164 Å². The predicted octanol–water partition coefficient (Wildman–Crippen LogP) is 3.68. The molecule has 0 aliphatic carbocycles. The molecule has 0 spiro atoms. The van der Waals surface area contributed by atoms with Crippen LogP contribution in [0.1, 0.15) is 17.9 Å². The van der Waals surface area contributed by atoms with Gasteiger partial charge in [0.1, 0.15) is 11.6 Å². The highest BCUT2D eigenvalue weighted by Gasteiger charge is 2.31. The van der Waals surface area contributed by atoms with Gasteiger partial charge >= 0.3 is 0 Å². The van der Waals surface area contributed by atoms with Gasteiger partial charge in [-0.2, -0.15) is 5.26 Å². The van der Waals surface area contributed by atoms with Gasteiger partial charge in [-0.05, 0) is 29.8 Å². The highest BCUT2D eigenvalue weighted by Crippen LogP contribution is 2.36. The molecule has 0 radical (unpaired) electrons. The smallest absolute Gasteiger partial charge is 0.234 e. The molecule has 1 aliphatic heterocycles. The summed E-state index contributed by atoms with van der Waals surface area (Å²) in [4.78, 5) is 24.2. The van der Waals surface area contributed by atoms with E-state index in [0.29, 0.717) is 5.69 Å². The number of nitrogens with one attached hydrogen (secondary N) is 2. The second-order valence-corrected chi connectivity index (χ2v) is 7.01. The third-order valence-corrected chi connectivity index (χ3v) is 5.11. The SMILES string of the molecule is N#CC1=C(SCC(=O)Nc2cccc(F)c2)NC(=O)CC1c1ccccc1F. The predicted molar refractivity (Wildman–Crippen MR) is 102 cm³/mol. The van der Waals surface area contributed by atoms with Crippen LogP contribution in [0, 0.1) is 23.0 Å². The number of carbonyl (C=O) groups excluding carboxylic acids is 2. The van der Waals surface area contributed by atoms with Gasteiger partial charge in [0.05, 0.1) is 22.4 Å². The number of nitriles is 1. The second kappa shape index (κ2) is 8.67. The Hall–Kier alpha value is -3.18. The first-order chi connectivity index (χ1) is 13.5. The molecule has 0 saturated carbocycles. The number of carbonyl (C=O) groups is 2. The number of anilines is 1. The van der Waals surface area contributed by atoms with E-state index >= 15 is 0 Å².